The van der Waals surface area contributed by atoms with Crippen LogP contribution in [0.15, 0.2) is 22.9 Å². The van der Waals surface area contributed by atoms with Gasteiger partial charge in [0.05, 0.1) is 6.61 Å². The Morgan fingerprint density at radius 2 is 2.21 bits per heavy atom. The number of nitrogens with one attached hydrogen (secondary N) is 1. The van der Waals surface area contributed by atoms with Gasteiger partial charge in [-0.15, -0.1) is 0 Å². The molecular formula is C15H23BrN2O. The molecule has 1 aliphatic heterocycles. The van der Waals surface area contributed by atoms with Crippen LogP contribution in [-0.2, 0) is 11.2 Å². The van der Waals surface area contributed by atoms with Gasteiger partial charge in [-0.2, -0.15) is 0 Å². The van der Waals surface area contributed by atoms with Crippen LogP contribution in [0.4, 0.5) is 0 Å². The molecule has 0 spiro atoms. The van der Waals surface area contributed by atoms with E-state index in [2.05, 4.69) is 53.1 Å². The minimum Gasteiger partial charge on any atom is -0.381 e. The maximum absolute atomic E-state index is 5.66. The second-order valence-electron chi connectivity index (χ2n) is 6.59. The van der Waals surface area contributed by atoms with Crippen LogP contribution in [0.3, 0.4) is 0 Å². The third kappa shape index (κ3) is 4.55. The number of halogens is 1. The van der Waals surface area contributed by atoms with Crippen molar-refractivity contribution < 1.29 is 4.74 Å². The van der Waals surface area contributed by atoms with Crippen molar-refractivity contribution in [1.29, 1.82) is 0 Å². The molecule has 1 saturated heterocycles. The van der Waals surface area contributed by atoms with E-state index in [1.165, 1.54) is 5.56 Å². The Bertz CT molecular complexity index is 422. The summed E-state index contributed by atoms with van der Waals surface area (Å²) in [6, 6.07) is 2.16. The van der Waals surface area contributed by atoms with E-state index in [0.717, 1.165) is 37.1 Å². The largest absolute Gasteiger partial charge is 0.381 e. The number of nitrogens with zero attached hydrogens (tertiary/aromatic N) is 1. The van der Waals surface area contributed by atoms with Gasteiger partial charge in [0.2, 0.25) is 0 Å². The van der Waals surface area contributed by atoms with Gasteiger partial charge in [-0.1, -0.05) is 0 Å². The minimum absolute atomic E-state index is 0.144. The molecule has 1 fully saturated rings. The highest BCUT2D eigenvalue weighted by Crippen LogP contribution is 2.33. The summed E-state index contributed by atoms with van der Waals surface area (Å²) >= 11 is 3.49. The SMILES string of the molecule is CC(C)(C)NCC1(Cc2cncc(Br)c2)CCOC1. The quantitative estimate of drug-likeness (QED) is 0.922. The van der Waals surface area contributed by atoms with Gasteiger partial charge in [-0.05, 0) is 61.2 Å². The number of hydrogen-bond donors (Lipinski definition) is 1. The molecule has 106 valence electrons. The van der Waals surface area contributed by atoms with Crippen LogP contribution >= 0.6 is 15.9 Å². The summed E-state index contributed by atoms with van der Waals surface area (Å²) in [5, 5.41) is 3.63. The molecule has 1 unspecified atom stereocenters. The van der Waals surface area contributed by atoms with Crippen LogP contribution in [0.5, 0.6) is 0 Å². The fourth-order valence-electron chi connectivity index (χ4n) is 2.43. The maximum Gasteiger partial charge on any atom is 0.0538 e. The summed E-state index contributed by atoms with van der Waals surface area (Å²) in [5.41, 5.74) is 1.62. The van der Waals surface area contributed by atoms with E-state index in [9.17, 15) is 0 Å². The van der Waals surface area contributed by atoms with Gasteiger partial charge in [0.25, 0.3) is 0 Å². The molecule has 0 radical (unpaired) electrons. The first-order valence-electron chi connectivity index (χ1n) is 6.81. The van der Waals surface area contributed by atoms with Crippen LogP contribution in [0.1, 0.15) is 32.8 Å². The molecule has 3 nitrogen and oxygen atoms in total. The van der Waals surface area contributed by atoms with E-state index in [0.29, 0.717) is 0 Å². The molecule has 4 heteroatoms. The van der Waals surface area contributed by atoms with Crippen LogP contribution in [0, 0.1) is 5.41 Å². The zero-order valence-electron chi connectivity index (χ0n) is 12.0. The fourth-order valence-corrected chi connectivity index (χ4v) is 2.84. The van der Waals surface area contributed by atoms with Crippen molar-refractivity contribution in [2.24, 2.45) is 5.41 Å². The standard InChI is InChI=1S/C15H23BrN2O/c1-14(2,3)18-10-15(4-5-19-11-15)7-12-6-13(16)9-17-8-12/h6,8-9,18H,4-5,7,10-11H2,1-3H3. The van der Waals surface area contributed by atoms with Crippen molar-refractivity contribution in [2.75, 3.05) is 19.8 Å². The molecule has 2 heterocycles. The summed E-state index contributed by atoms with van der Waals surface area (Å²) in [4.78, 5) is 4.26. The number of hydrogen-bond acceptors (Lipinski definition) is 3. The molecule has 0 aromatic carbocycles. The van der Waals surface area contributed by atoms with Crippen LogP contribution < -0.4 is 5.32 Å². The molecule has 0 bridgehead atoms. The topological polar surface area (TPSA) is 34.2 Å². The van der Waals surface area contributed by atoms with Crippen molar-refractivity contribution in [2.45, 2.75) is 39.2 Å². The Morgan fingerprint density at radius 3 is 2.79 bits per heavy atom. The second kappa shape index (κ2) is 5.90. The first-order valence-corrected chi connectivity index (χ1v) is 7.60. The van der Waals surface area contributed by atoms with Crippen LogP contribution in [-0.4, -0.2) is 30.3 Å². The molecule has 1 atom stereocenters. The molecular weight excluding hydrogens is 304 g/mol. The highest BCUT2D eigenvalue weighted by atomic mass is 79.9. The number of pyridine rings is 1. The maximum atomic E-state index is 5.66. The summed E-state index contributed by atoms with van der Waals surface area (Å²) in [6.45, 7) is 9.31. The van der Waals surface area contributed by atoms with E-state index in [1.54, 1.807) is 0 Å². The fraction of sp³-hybridized carbons (Fsp3) is 0.667. The summed E-state index contributed by atoms with van der Waals surface area (Å²) in [5.74, 6) is 0. The molecule has 1 aromatic rings. The molecule has 0 amide bonds. The highest BCUT2D eigenvalue weighted by Gasteiger charge is 2.35. The van der Waals surface area contributed by atoms with E-state index < -0.39 is 0 Å². The van der Waals surface area contributed by atoms with Gasteiger partial charge in [0.1, 0.15) is 0 Å². The number of ether oxygens (including phenoxy) is 1. The van der Waals surface area contributed by atoms with Gasteiger partial charge in [-0.3, -0.25) is 4.98 Å². The van der Waals surface area contributed by atoms with E-state index in [1.807, 2.05) is 12.4 Å². The van der Waals surface area contributed by atoms with E-state index >= 15 is 0 Å². The summed E-state index contributed by atoms with van der Waals surface area (Å²) in [7, 11) is 0. The zero-order chi connectivity index (χ0) is 13.9. The predicted octanol–water partition coefficient (Wildman–Crippen LogP) is 3.18. The van der Waals surface area contributed by atoms with E-state index in [-0.39, 0.29) is 11.0 Å². The second-order valence-corrected chi connectivity index (χ2v) is 7.51. The summed E-state index contributed by atoms with van der Waals surface area (Å²) < 4.78 is 6.70. The third-order valence-electron chi connectivity index (χ3n) is 3.52. The Labute approximate surface area is 124 Å². The highest BCUT2D eigenvalue weighted by molar-refractivity contribution is 9.10. The zero-order valence-corrected chi connectivity index (χ0v) is 13.6. The molecule has 19 heavy (non-hydrogen) atoms. The lowest BCUT2D eigenvalue weighted by atomic mass is 9.80. The van der Waals surface area contributed by atoms with Crippen molar-refractivity contribution in [3.8, 4) is 0 Å². The average Bonchev–Trinajstić information content (AvgIpc) is 2.75. The Morgan fingerprint density at radius 1 is 1.42 bits per heavy atom. The first-order chi connectivity index (χ1) is 8.89. The Kier molecular flexibility index (Phi) is 4.64. The average molecular weight is 327 g/mol. The van der Waals surface area contributed by atoms with Crippen LogP contribution in [0.25, 0.3) is 0 Å². The Hall–Kier alpha value is -0.450. The monoisotopic (exact) mass is 326 g/mol. The van der Waals surface area contributed by atoms with Gasteiger partial charge < -0.3 is 10.1 Å². The van der Waals surface area contributed by atoms with Crippen molar-refractivity contribution in [3.05, 3.63) is 28.5 Å². The molecule has 2 rings (SSSR count). The number of rotatable bonds is 4. The smallest absolute Gasteiger partial charge is 0.0538 e. The molecule has 1 aliphatic rings. The lowest BCUT2D eigenvalue weighted by molar-refractivity contribution is 0.144. The van der Waals surface area contributed by atoms with Gasteiger partial charge >= 0.3 is 0 Å². The molecule has 0 saturated carbocycles. The van der Waals surface area contributed by atoms with Gasteiger partial charge in [0, 0.05) is 41.0 Å². The lowest BCUT2D eigenvalue weighted by Gasteiger charge is -2.32. The number of aromatic nitrogens is 1. The normalized spacial score (nSPS) is 23.8. The van der Waals surface area contributed by atoms with Crippen molar-refractivity contribution in [1.82, 2.24) is 10.3 Å². The molecule has 1 aromatic heterocycles. The first kappa shape index (κ1) is 14.9. The minimum atomic E-state index is 0.144. The van der Waals surface area contributed by atoms with Gasteiger partial charge in [-0.25, -0.2) is 0 Å². The van der Waals surface area contributed by atoms with Gasteiger partial charge in [0.15, 0.2) is 0 Å². The van der Waals surface area contributed by atoms with E-state index in [4.69, 9.17) is 4.74 Å². The Balaban J connectivity index is 2.07. The van der Waals surface area contributed by atoms with Crippen molar-refractivity contribution in [3.63, 3.8) is 0 Å². The molecule has 1 N–H and O–H groups in total. The predicted molar refractivity (Wildman–Crippen MR) is 81.3 cm³/mol. The van der Waals surface area contributed by atoms with Crippen molar-refractivity contribution >= 4 is 15.9 Å². The third-order valence-corrected chi connectivity index (χ3v) is 3.95. The lowest BCUT2D eigenvalue weighted by Crippen LogP contribution is -2.45. The summed E-state index contributed by atoms with van der Waals surface area (Å²) in [6.07, 6.45) is 5.92. The van der Waals surface area contributed by atoms with Crippen LogP contribution in [0.2, 0.25) is 0 Å². The molecule has 0 aliphatic carbocycles.